The van der Waals surface area contributed by atoms with Crippen molar-refractivity contribution in [3.05, 3.63) is 35.9 Å². The van der Waals surface area contributed by atoms with Gasteiger partial charge in [0, 0.05) is 18.8 Å². The summed E-state index contributed by atoms with van der Waals surface area (Å²) in [6.45, 7) is 2.76. The Hall–Kier alpha value is -0.960. The van der Waals surface area contributed by atoms with Gasteiger partial charge >= 0.3 is 0 Å². The normalized spacial score (nSPS) is 17.7. The Kier molecular flexibility index (Phi) is 5.96. The van der Waals surface area contributed by atoms with Gasteiger partial charge in [0.2, 0.25) is 5.91 Å². The standard InChI is InChI=1S/C17H25NOS/c1-14(20-16-11-7-4-8-12-16)17(19)18(2)13-15-9-5-3-6-10-15/h3,5-6,9-10,14,16H,4,7-8,11-13H2,1-2H3. The molecule has 0 spiro atoms. The minimum Gasteiger partial charge on any atom is -0.340 e. The molecule has 1 unspecified atom stereocenters. The van der Waals surface area contributed by atoms with E-state index in [9.17, 15) is 4.79 Å². The number of hydrogen-bond acceptors (Lipinski definition) is 2. The number of hydrogen-bond donors (Lipinski definition) is 0. The number of carbonyl (C=O) groups excluding carboxylic acids is 1. The first-order valence-corrected chi connectivity index (χ1v) is 8.55. The molecule has 0 radical (unpaired) electrons. The van der Waals surface area contributed by atoms with Crippen molar-refractivity contribution in [2.45, 2.75) is 56.1 Å². The maximum atomic E-state index is 12.4. The molecule has 2 nitrogen and oxygen atoms in total. The highest BCUT2D eigenvalue weighted by Crippen LogP contribution is 2.31. The van der Waals surface area contributed by atoms with E-state index >= 15 is 0 Å². The molecule has 1 aromatic carbocycles. The molecule has 0 N–H and O–H groups in total. The number of nitrogens with zero attached hydrogens (tertiary/aromatic N) is 1. The van der Waals surface area contributed by atoms with E-state index in [1.54, 1.807) is 0 Å². The Balaban J connectivity index is 1.82. The highest BCUT2D eigenvalue weighted by Gasteiger charge is 2.23. The van der Waals surface area contributed by atoms with Crippen LogP contribution in [0.3, 0.4) is 0 Å². The molecule has 2 rings (SSSR count). The quantitative estimate of drug-likeness (QED) is 0.814. The van der Waals surface area contributed by atoms with E-state index in [0.29, 0.717) is 11.8 Å². The van der Waals surface area contributed by atoms with Crippen LogP contribution in [0.25, 0.3) is 0 Å². The maximum absolute atomic E-state index is 12.4. The Labute approximate surface area is 126 Å². The van der Waals surface area contributed by atoms with Crippen molar-refractivity contribution in [1.29, 1.82) is 0 Å². The molecule has 0 aliphatic heterocycles. The predicted octanol–water partition coefficient (Wildman–Crippen LogP) is 4.10. The summed E-state index contributed by atoms with van der Waals surface area (Å²) >= 11 is 1.88. The van der Waals surface area contributed by atoms with Crippen molar-refractivity contribution in [3.8, 4) is 0 Å². The average molecular weight is 291 g/mol. The van der Waals surface area contributed by atoms with Gasteiger partial charge in [-0.25, -0.2) is 0 Å². The third-order valence-electron chi connectivity index (χ3n) is 3.94. The number of amides is 1. The van der Waals surface area contributed by atoms with Crippen molar-refractivity contribution >= 4 is 17.7 Å². The predicted molar refractivity (Wildman–Crippen MR) is 86.8 cm³/mol. The van der Waals surface area contributed by atoms with E-state index in [4.69, 9.17) is 0 Å². The summed E-state index contributed by atoms with van der Waals surface area (Å²) in [4.78, 5) is 14.3. The minimum atomic E-state index is 0.0758. The van der Waals surface area contributed by atoms with Crippen LogP contribution in [0.4, 0.5) is 0 Å². The molecule has 1 amide bonds. The van der Waals surface area contributed by atoms with Crippen LogP contribution in [0, 0.1) is 0 Å². The molecular formula is C17H25NOS. The molecule has 0 heterocycles. The Morgan fingerprint density at radius 3 is 2.55 bits per heavy atom. The summed E-state index contributed by atoms with van der Waals surface area (Å²) in [5, 5.41) is 0.764. The Morgan fingerprint density at radius 2 is 1.90 bits per heavy atom. The molecule has 1 aliphatic carbocycles. The Bertz CT molecular complexity index is 414. The van der Waals surface area contributed by atoms with Gasteiger partial charge in [-0.1, -0.05) is 49.6 Å². The molecule has 0 aromatic heterocycles. The van der Waals surface area contributed by atoms with Gasteiger partial charge in [-0.15, -0.1) is 11.8 Å². The molecule has 20 heavy (non-hydrogen) atoms. The summed E-state index contributed by atoms with van der Waals surface area (Å²) in [5.74, 6) is 0.254. The van der Waals surface area contributed by atoms with Crippen LogP contribution in [0.2, 0.25) is 0 Å². The van der Waals surface area contributed by atoms with Crippen LogP contribution in [0.5, 0.6) is 0 Å². The second-order valence-corrected chi connectivity index (χ2v) is 7.36. The number of carbonyl (C=O) groups is 1. The van der Waals surface area contributed by atoms with Gasteiger partial charge in [-0.2, -0.15) is 0 Å². The van der Waals surface area contributed by atoms with E-state index < -0.39 is 0 Å². The van der Waals surface area contributed by atoms with E-state index in [2.05, 4.69) is 19.1 Å². The van der Waals surface area contributed by atoms with E-state index in [-0.39, 0.29) is 11.2 Å². The zero-order valence-electron chi connectivity index (χ0n) is 12.5. The lowest BCUT2D eigenvalue weighted by Gasteiger charge is -2.26. The highest BCUT2D eigenvalue weighted by atomic mass is 32.2. The van der Waals surface area contributed by atoms with Crippen LogP contribution in [-0.2, 0) is 11.3 Å². The molecule has 3 heteroatoms. The molecule has 0 saturated heterocycles. The van der Waals surface area contributed by atoms with Crippen LogP contribution < -0.4 is 0 Å². The topological polar surface area (TPSA) is 20.3 Å². The highest BCUT2D eigenvalue weighted by molar-refractivity contribution is 8.01. The summed E-state index contributed by atoms with van der Waals surface area (Å²) in [7, 11) is 1.91. The van der Waals surface area contributed by atoms with Crippen molar-refractivity contribution in [3.63, 3.8) is 0 Å². The minimum absolute atomic E-state index is 0.0758. The maximum Gasteiger partial charge on any atom is 0.235 e. The fraction of sp³-hybridized carbons (Fsp3) is 0.588. The van der Waals surface area contributed by atoms with E-state index in [1.165, 1.54) is 37.7 Å². The fourth-order valence-electron chi connectivity index (χ4n) is 2.79. The number of benzene rings is 1. The lowest BCUT2D eigenvalue weighted by atomic mass is 10.0. The van der Waals surface area contributed by atoms with Crippen molar-refractivity contribution in [2.75, 3.05) is 7.05 Å². The summed E-state index contributed by atoms with van der Waals surface area (Å²) < 4.78 is 0. The zero-order valence-corrected chi connectivity index (χ0v) is 13.4. The molecule has 1 fully saturated rings. The first kappa shape index (κ1) is 15.4. The lowest BCUT2D eigenvalue weighted by molar-refractivity contribution is -0.129. The van der Waals surface area contributed by atoms with Gasteiger partial charge in [-0.05, 0) is 25.3 Å². The van der Waals surface area contributed by atoms with Gasteiger partial charge < -0.3 is 4.90 Å². The molecular weight excluding hydrogens is 266 g/mol. The van der Waals surface area contributed by atoms with Gasteiger partial charge in [0.25, 0.3) is 0 Å². The van der Waals surface area contributed by atoms with E-state index in [1.807, 2.05) is 41.9 Å². The lowest BCUT2D eigenvalue weighted by Crippen LogP contribution is -2.34. The molecule has 110 valence electrons. The van der Waals surface area contributed by atoms with Crippen LogP contribution in [0.1, 0.15) is 44.6 Å². The van der Waals surface area contributed by atoms with Gasteiger partial charge in [0.1, 0.15) is 0 Å². The van der Waals surface area contributed by atoms with Crippen LogP contribution in [0.15, 0.2) is 30.3 Å². The first-order valence-electron chi connectivity index (χ1n) is 7.61. The molecule has 1 saturated carbocycles. The van der Waals surface area contributed by atoms with Gasteiger partial charge in [-0.3, -0.25) is 4.79 Å². The van der Waals surface area contributed by atoms with Crippen LogP contribution in [-0.4, -0.2) is 28.4 Å². The largest absolute Gasteiger partial charge is 0.340 e. The third-order valence-corrected chi connectivity index (χ3v) is 5.40. The number of rotatable bonds is 5. The van der Waals surface area contributed by atoms with E-state index in [0.717, 1.165) is 0 Å². The average Bonchev–Trinajstić information content (AvgIpc) is 2.48. The third kappa shape index (κ3) is 4.55. The summed E-state index contributed by atoms with van der Waals surface area (Å²) in [6.07, 6.45) is 6.60. The van der Waals surface area contributed by atoms with Gasteiger partial charge in [0.15, 0.2) is 0 Å². The summed E-state index contributed by atoms with van der Waals surface area (Å²) in [5.41, 5.74) is 1.19. The second kappa shape index (κ2) is 7.72. The molecule has 1 atom stereocenters. The Morgan fingerprint density at radius 1 is 1.25 bits per heavy atom. The van der Waals surface area contributed by atoms with Crippen molar-refractivity contribution in [1.82, 2.24) is 4.90 Å². The monoisotopic (exact) mass is 291 g/mol. The van der Waals surface area contributed by atoms with Crippen LogP contribution >= 0.6 is 11.8 Å². The molecule has 1 aromatic rings. The zero-order chi connectivity index (χ0) is 14.4. The van der Waals surface area contributed by atoms with Gasteiger partial charge in [0.05, 0.1) is 5.25 Å². The van der Waals surface area contributed by atoms with Crippen molar-refractivity contribution in [2.24, 2.45) is 0 Å². The van der Waals surface area contributed by atoms with Crippen molar-refractivity contribution < 1.29 is 4.79 Å². The summed E-state index contributed by atoms with van der Waals surface area (Å²) in [6, 6.07) is 10.2. The second-order valence-electron chi connectivity index (χ2n) is 5.72. The SMILES string of the molecule is CC(SC1CCCCC1)C(=O)N(C)Cc1ccccc1. The molecule has 0 bridgehead atoms. The smallest absolute Gasteiger partial charge is 0.235 e. The fourth-order valence-corrected chi connectivity index (χ4v) is 4.27. The first-order chi connectivity index (χ1) is 9.66. The number of thioether (sulfide) groups is 1. The molecule has 1 aliphatic rings.